The number of fused-ring (bicyclic) bond motifs is 1. The van der Waals surface area contributed by atoms with Crippen molar-refractivity contribution in [2.45, 2.75) is 33.3 Å². The molecule has 43 heavy (non-hydrogen) atoms. The highest BCUT2D eigenvalue weighted by Crippen LogP contribution is 2.36. The number of aromatic nitrogens is 2. The van der Waals surface area contributed by atoms with Gasteiger partial charge in [0.2, 0.25) is 0 Å². The lowest BCUT2D eigenvalue weighted by Crippen LogP contribution is -2.20. The Morgan fingerprint density at radius 1 is 1.02 bits per heavy atom. The Hall–Kier alpha value is -2.98. The van der Waals surface area contributed by atoms with Gasteiger partial charge in [-0.2, -0.15) is 9.78 Å². The van der Waals surface area contributed by atoms with Gasteiger partial charge in [0.15, 0.2) is 11.6 Å². The van der Waals surface area contributed by atoms with Crippen molar-refractivity contribution in [3.8, 4) is 22.9 Å². The molecule has 0 amide bonds. The summed E-state index contributed by atoms with van der Waals surface area (Å²) in [6.45, 7) is 6.49. The number of methoxy groups -OCH3 is 1. The zero-order valence-electron chi connectivity index (χ0n) is 23.8. The van der Waals surface area contributed by atoms with Gasteiger partial charge in [0.1, 0.15) is 12.4 Å². The summed E-state index contributed by atoms with van der Waals surface area (Å²) in [6.07, 6.45) is 1.59. The summed E-state index contributed by atoms with van der Waals surface area (Å²) in [6, 6.07) is 20.8. The molecule has 0 unspecified atom stereocenters. The van der Waals surface area contributed by atoms with Gasteiger partial charge in [-0.3, -0.25) is 4.79 Å². The minimum absolute atomic E-state index is 0.198. The SMILES string of the molecule is COc1cc(C)c(-c2nc3ccccc3c(=O)n2N=Cc2cc(Cl)c(OCc3ccc(Br)cc3Br)c(Br)c2)cc1C(C)C. The zero-order chi connectivity index (χ0) is 30.8. The van der Waals surface area contributed by atoms with Crippen molar-refractivity contribution in [2.24, 2.45) is 5.10 Å². The molecule has 0 aliphatic heterocycles. The van der Waals surface area contributed by atoms with Gasteiger partial charge >= 0.3 is 0 Å². The molecule has 0 aliphatic carbocycles. The lowest BCUT2D eigenvalue weighted by molar-refractivity contribution is 0.303. The van der Waals surface area contributed by atoms with Crippen molar-refractivity contribution in [3.05, 3.63) is 118 Å². The highest BCUT2D eigenvalue weighted by atomic mass is 79.9. The Morgan fingerprint density at radius 3 is 2.49 bits per heavy atom. The van der Waals surface area contributed by atoms with Crippen molar-refractivity contribution in [3.63, 3.8) is 0 Å². The lowest BCUT2D eigenvalue weighted by Gasteiger charge is -2.17. The second-order valence-electron chi connectivity index (χ2n) is 10.2. The van der Waals surface area contributed by atoms with Crippen LogP contribution in [0.3, 0.4) is 0 Å². The summed E-state index contributed by atoms with van der Waals surface area (Å²) >= 11 is 17.3. The summed E-state index contributed by atoms with van der Waals surface area (Å²) in [5.41, 5.74) is 4.70. The van der Waals surface area contributed by atoms with E-state index in [1.54, 1.807) is 25.5 Å². The van der Waals surface area contributed by atoms with Crippen LogP contribution in [0.25, 0.3) is 22.3 Å². The maximum absolute atomic E-state index is 13.8. The molecule has 0 fully saturated rings. The van der Waals surface area contributed by atoms with E-state index in [-0.39, 0.29) is 11.5 Å². The predicted molar refractivity (Wildman–Crippen MR) is 185 cm³/mol. The van der Waals surface area contributed by atoms with Gasteiger partial charge in [0.05, 0.1) is 33.7 Å². The molecule has 0 N–H and O–H groups in total. The molecule has 1 heterocycles. The number of rotatable bonds is 8. The van der Waals surface area contributed by atoms with Gasteiger partial charge in [-0.15, -0.1) is 0 Å². The lowest BCUT2D eigenvalue weighted by atomic mass is 9.96. The smallest absolute Gasteiger partial charge is 0.282 e. The molecule has 5 aromatic rings. The molecule has 6 nitrogen and oxygen atoms in total. The molecule has 0 atom stereocenters. The summed E-state index contributed by atoms with van der Waals surface area (Å²) in [7, 11) is 1.66. The molecular formula is C33H27Br3ClN3O3. The number of hydrogen-bond donors (Lipinski definition) is 0. The molecule has 1 aromatic heterocycles. The van der Waals surface area contributed by atoms with E-state index < -0.39 is 0 Å². The van der Waals surface area contributed by atoms with Crippen LogP contribution < -0.4 is 15.0 Å². The number of hydrogen-bond acceptors (Lipinski definition) is 5. The molecular weight excluding hydrogens is 762 g/mol. The number of benzene rings is 4. The average Bonchev–Trinajstić information content (AvgIpc) is 2.96. The van der Waals surface area contributed by atoms with Crippen LogP contribution in [0.2, 0.25) is 5.02 Å². The largest absolute Gasteiger partial charge is 0.496 e. The number of ether oxygens (including phenoxy) is 2. The topological polar surface area (TPSA) is 65.7 Å². The van der Waals surface area contributed by atoms with Crippen LogP contribution in [-0.2, 0) is 6.61 Å². The Kier molecular flexibility index (Phi) is 9.76. The van der Waals surface area contributed by atoms with E-state index in [2.05, 4.69) is 66.7 Å². The van der Waals surface area contributed by atoms with Gasteiger partial charge in [-0.1, -0.05) is 75.5 Å². The maximum Gasteiger partial charge on any atom is 0.282 e. The van der Waals surface area contributed by atoms with E-state index in [1.165, 1.54) is 4.68 Å². The van der Waals surface area contributed by atoms with Gasteiger partial charge in [0.25, 0.3) is 5.56 Å². The Balaban J connectivity index is 1.56. The van der Waals surface area contributed by atoms with Crippen LogP contribution in [0.1, 0.15) is 42.0 Å². The van der Waals surface area contributed by atoms with Crippen molar-refractivity contribution < 1.29 is 9.47 Å². The summed E-state index contributed by atoms with van der Waals surface area (Å²) in [4.78, 5) is 18.7. The zero-order valence-corrected chi connectivity index (χ0v) is 29.3. The predicted octanol–water partition coefficient (Wildman–Crippen LogP) is 9.91. The molecule has 0 spiro atoms. The third kappa shape index (κ3) is 6.75. The van der Waals surface area contributed by atoms with Crippen LogP contribution in [0.15, 0.2) is 90.0 Å². The molecule has 4 aromatic carbocycles. The standard InChI is InChI=1S/C33H27Br3ClN3O3/c1-18(2)24-15-25(19(3)11-30(24)42-4)32-39-29-8-6-5-7-23(29)33(41)40(32)38-16-20-12-27(36)31(28(37)13-20)43-17-21-9-10-22(34)14-26(21)35/h5-16,18H,17H2,1-4H3. The molecule has 220 valence electrons. The number of para-hydroxylation sites is 1. The van der Waals surface area contributed by atoms with Gasteiger partial charge in [-0.05, 0) is 94.0 Å². The van der Waals surface area contributed by atoms with Crippen molar-refractivity contribution in [1.29, 1.82) is 0 Å². The third-order valence-corrected chi connectivity index (χ3v) is 9.02. The molecule has 0 saturated heterocycles. The highest BCUT2D eigenvalue weighted by molar-refractivity contribution is 9.11. The highest BCUT2D eigenvalue weighted by Gasteiger charge is 2.18. The van der Waals surface area contributed by atoms with Crippen LogP contribution in [-0.4, -0.2) is 23.0 Å². The number of halogens is 4. The van der Waals surface area contributed by atoms with Gasteiger partial charge in [-0.25, -0.2) is 4.98 Å². The van der Waals surface area contributed by atoms with Crippen molar-refractivity contribution >= 4 is 76.5 Å². The first-order chi connectivity index (χ1) is 20.6. The molecule has 5 rings (SSSR count). The van der Waals surface area contributed by atoms with E-state index in [1.807, 2.05) is 61.5 Å². The second kappa shape index (κ2) is 13.3. The first-order valence-corrected chi connectivity index (χ1v) is 16.1. The van der Waals surface area contributed by atoms with E-state index in [4.69, 9.17) is 26.1 Å². The van der Waals surface area contributed by atoms with Gasteiger partial charge in [0, 0.05) is 20.1 Å². The Bertz CT molecular complexity index is 1920. The van der Waals surface area contributed by atoms with E-state index in [0.29, 0.717) is 44.1 Å². The number of aryl methyl sites for hydroxylation is 1. The maximum atomic E-state index is 13.8. The molecule has 0 aliphatic rings. The third-order valence-electron chi connectivity index (χ3n) is 6.92. The molecule has 0 radical (unpaired) electrons. The van der Waals surface area contributed by atoms with Crippen molar-refractivity contribution in [2.75, 3.05) is 7.11 Å². The molecule has 0 saturated carbocycles. The summed E-state index contributed by atoms with van der Waals surface area (Å²) in [5.74, 6) is 1.94. The van der Waals surface area contributed by atoms with E-state index >= 15 is 0 Å². The number of nitrogens with zero attached hydrogens (tertiary/aromatic N) is 3. The minimum Gasteiger partial charge on any atom is -0.496 e. The first-order valence-electron chi connectivity index (χ1n) is 13.4. The fourth-order valence-electron chi connectivity index (χ4n) is 4.68. The van der Waals surface area contributed by atoms with E-state index in [0.717, 1.165) is 36.9 Å². The average molecular weight is 789 g/mol. The van der Waals surface area contributed by atoms with Crippen molar-refractivity contribution in [1.82, 2.24) is 9.66 Å². The Morgan fingerprint density at radius 2 is 1.79 bits per heavy atom. The second-order valence-corrected chi connectivity index (χ2v) is 13.2. The monoisotopic (exact) mass is 785 g/mol. The van der Waals surface area contributed by atoms with Gasteiger partial charge < -0.3 is 9.47 Å². The van der Waals surface area contributed by atoms with Crippen LogP contribution in [0, 0.1) is 6.92 Å². The first kappa shape index (κ1) is 31.4. The summed E-state index contributed by atoms with van der Waals surface area (Å²) in [5, 5.41) is 5.52. The Labute approximate surface area is 280 Å². The normalized spacial score (nSPS) is 11.6. The van der Waals surface area contributed by atoms with Crippen LogP contribution in [0.5, 0.6) is 11.5 Å². The van der Waals surface area contributed by atoms with Crippen LogP contribution in [0.4, 0.5) is 0 Å². The van der Waals surface area contributed by atoms with E-state index in [9.17, 15) is 4.79 Å². The summed E-state index contributed by atoms with van der Waals surface area (Å²) < 4.78 is 15.6. The quantitative estimate of drug-likeness (QED) is 0.147. The fraction of sp³-hybridized carbons (Fsp3) is 0.182. The van der Waals surface area contributed by atoms with Crippen LogP contribution >= 0.6 is 59.4 Å². The fourth-order valence-corrected chi connectivity index (χ4v) is 6.83. The molecule has 0 bridgehead atoms. The molecule has 10 heteroatoms. The minimum atomic E-state index is -0.275.